The molecule has 0 N–H and O–H groups in total. The Morgan fingerprint density at radius 1 is 0.848 bits per heavy atom. The van der Waals surface area contributed by atoms with Gasteiger partial charge in [-0.15, -0.1) is 0 Å². The second kappa shape index (κ2) is 10.4. The van der Waals surface area contributed by atoms with Crippen LogP contribution in [0.3, 0.4) is 0 Å². The molecule has 0 saturated heterocycles. The number of aromatic nitrogens is 1. The van der Waals surface area contributed by atoms with Crippen LogP contribution in [0.5, 0.6) is 17.2 Å². The molecule has 0 aliphatic heterocycles. The fourth-order valence-electron chi connectivity index (χ4n) is 3.44. The van der Waals surface area contributed by atoms with Gasteiger partial charge in [0.2, 0.25) is 0 Å². The summed E-state index contributed by atoms with van der Waals surface area (Å²) in [7, 11) is 3.26. The first-order valence-corrected chi connectivity index (χ1v) is 10.6. The largest absolute Gasteiger partial charge is 0.497 e. The van der Waals surface area contributed by atoms with E-state index >= 15 is 0 Å². The summed E-state index contributed by atoms with van der Waals surface area (Å²) in [5, 5.41) is 0. The summed E-state index contributed by atoms with van der Waals surface area (Å²) in [6.45, 7) is 0.337. The van der Waals surface area contributed by atoms with E-state index in [1.54, 1.807) is 26.4 Å². The maximum absolute atomic E-state index is 12.8. The molecule has 0 aliphatic carbocycles. The zero-order valence-corrected chi connectivity index (χ0v) is 18.6. The van der Waals surface area contributed by atoms with Crippen molar-refractivity contribution < 1.29 is 19.0 Å². The molecule has 0 saturated carbocycles. The highest BCUT2D eigenvalue weighted by Gasteiger charge is 2.07. The molecule has 0 atom stereocenters. The number of hydrogen-bond acceptors (Lipinski definition) is 4. The number of carbonyl (C=O) groups is 1. The molecule has 1 heterocycles. The fraction of sp³-hybridized carbons (Fsp3) is 0.107. The smallest absolute Gasteiger partial charge is 0.185 e. The van der Waals surface area contributed by atoms with E-state index in [2.05, 4.69) is 0 Å². The average Bonchev–Trinajstić information content (AvgIpc) is 3.41. The molecule has 5 nitrogen and oxygen atoms in total. The molecule has 3 aromatic carbocycles. The predicted molar refractivity (Wildman–Crippen MR) is 129 cm³/mol. The summed E-state index contributed by atoms with van der Waals surface area (Å²) in [6.07, 6.45) is 7.30. The Morgan fingerprint density at radius 2 is 1.61 bits per heavy atom. The summed E-state index contributed by atoms with van der Waals surface area (Å²) in [4.78, 5) is 12.8. The van der Waals surface area contributed by atoms with Crippen molar-refractivity contribution >= 4 is 11.9 Å². The minimum Gasteiger partial charge on any atom is -0.497 e. The lowest BCUT2D eigenvalue weighted by molar-refractivity contribution is 0.104. The Morgan fingerprint density at radius 3 is 2.33 bits per heavy atom. The summed E-state index contributed by atoms with van der Waals surface area (Å²) in [6, 6.07) is 24.6. The maximum atomic E-state index is 12.8. The van der Waals surface area contributed by atoms with Crippen LogP contribution in [-0.2, 0) is 6.61 Å². The number of methoxy groups -OCH3 is 2. The van der Waals surface area contributed by atoms with E-state index in [1.165, 1.54) is 0 Å². The first kappa shape index (κ1) is 22.0. The third kappa shape index (κ3) is 5.52. The van der Waals surface area contributed by atoms with Gasteiger partial charge in [-0.05, 0) is 72.3 Å². The van der Waals surface area contributed by atoms with Gasteiger partial charge in [0, 0.05) is 29.2 Å². The predicted octanol–water partition coefficient (Wildman–Crippen LogP) is 5.97. The lowest BCUT2D eigenvalue weighted by Gasteiger charge is -2.11. The van der Waals surface area contributed by atoms with E-state index < -0.39 is 0 Å². The lowest BCUT2D eigenvalue weighted by Crippen LogP contribution is -2.00. The SMILES string of the molecule is COc1ccc(OCc2cc(/C=C/C(=O)c3cccc(-n4cccc4)c3)ccc2OC)cc1. The van der Waals surface area contributed by atoms with Crippen LogP contribution in [0.2, 0.25) is 0 Å². The van der Waals surface area contributed by atoms with E-state index in [0.717, 1.165) is 34.1 Å². The van der Waals surface area contributed by atoms with E-state index in [0.29, 0.717) is 12.2 Å². The van der Waals surface area contributed by atoms with Crippen molar-refractivity contribution in [1.82, 2.24) is 4.57 Å². The van der Waals surface area contributed by atoms with Crippen LogP contribution in [0, 0.1) is 0 Å². The van der Waals surface area contributed by atoms with Crippen molar-refractivity contribution in [2.75, 3.05) is 14.2 Å². The Kier molecular flexibility index (Phi) is 6.90. The zero-order chi connectivity index (χ0) is 23.0. The first-order chi connectivity index (χ1) is 16.2. The van der Waals surface area contributed by atoms with Gasteiger partial charge in [0.15, 0.2) is 5.78 Å². The molecule has 0 fully saturated rings. The molecular weight excluding hydrogens is 414 g/mol. The minimum absolute atomic E-state index is 0.0594. The molecular formula is C28H25NO4. The molecule has 4 rings (SSSR count). The van der Waals surface area contributed by atoms with Crippen LogP contribution < -0.4 is 14.2 Å². The molecule has 0 aliphatic rings. The van der Waals surface area contributed by atoms with Gasteiger partial charge in [-0.1, -0.05) is 24.3 Å². The van der Waals surface area contributed by atoms with Crippen molar-refractivity contribution in [1.29, 1.82) is 0 Å². The molecule has 0 amide bonds. The van der Waals surface area contributed by atoms with Gasteiger partial charge < -0.3 is 18.8 Å². The molecule has 0 unspecified atom stereocenters. The number of hydrogen-bond donors (Lipinski definition) is 0. The van der Waals surface area contributed by atoms with Crippen LogP contribution in [0.25, 0.3) is 11.8 Å². The van der Waals surface area contributed by atoms with Gasteiger partial charge in [-0.2, -0.15) is 0 Å². The first-order valence-electron chi connectivity index (χ1n) is 10.6. The standard InChI is InChI=1S/C28H25NO4/c1-31-25-10-12-26(13-11-25)33-20-23-18-21(9-15-28(23)32-2)8-14-27(30)22-6-5-7-24(19-22)29-16-3-4-17-29/h3-19H,20H2,1-2H3/b14-8+. The zero-order valence-electron chi connectivity index (χ0n) is 18.6. The topological polar surface area (TPSA) is 49.7 Å². The van der Waals surface area contributed by atoms with Crippen molar-refractivity contribution in [2.45, 2.75) is 6.61 Å². The summed E-state index contributed by atoms with van der Waals surface area (Å²) in [5.74, 6) is 2.18. The summed E-state index contributed by atoms with van der Waals surface area (Å²) < 4.78 is 18.5. The number of nitrogens with zero attached hydrogens (tertiary/aromatic N) is 1. The van der Waals surface area contributed by atoms with Crippen LogP contribution in [0.1, 0.15) is 21.5 Å². The fourth-order valence-corrected chi connectivity index (χ4v) is 3.44. The molecule has 33 heavy (non-hydrogen) atoms. The number of ether oxygens (including phenoxy) is 3. The average molecular weight is 440 g/mol. The van der Waals surface area contributed by atoms with Crippen LogP contribution in [0.15, 0.2) is 97.3 Å². The highest BCUT2D eigenvalue weighted by molar-refractivity contribution is 6.07. The number of carbonyl (C=O) groups excluding carboxylic acids is 1. The Balaban J connectivity index is 1.47. The second-order valence-electron chi connectivity index (χ2n) is 7.37. The molecule has 5 heteroatoms. The lowest BCUT2D eigenvalue weighted by atomic mass is 10.1. The molecule has 0 radical (unpaired) electrons. The van der Waals surface area contributed by atoms with Gasteiger partial charge in [0.25, 0.3) is 0 Å². The highest BCUT2D eigenvalue weighted by atomic mass is 16.5. The van der Waals surface area contributed by atoms with Gasteiger partial charge in [0.05, 0.1) is 14.2 Å². The highest BCUT2D eigenvalue weighted by Crippen LogP contribution is 2.24. The Labute approximate surface area is 193 Å². The van der Waals surface area contributed by atoms with Gasteiger partial charge in [-0.3, -0.25) is 4.79 Å². The van der Waals surface area contributed by atoms with E-state index in [4.69, 9.17) is 14.2 Å². The molecule has 0 bridgehead atoms. The monoisotopic (exact) mass is 439 g/mol. The Hall–Kier alpha value is -4.25. The Bertz CT molecular complexity index is 1240. The van der Waals surface area contributed by atoms with Crippen molar-refractivity contribution in [3.8, 4) is 22.9 Å². The van der Waals surface area contributed by atoms with E-state index in [1.807, 2.05) is 95.8 Å². The number of rotatable bonds is 9. The van der Waals surface area contributed by atoms with Crippen molar-refractivity contribution in [3.05, 3.63) is 114 Å². The normalized spacial score (nSPS) is 10.8. The van der Waals surface area contributed by atoms with E-state index in [-0.39, 0.29) is 5.78 Å². The third-order valence-electron chi connectivity index (χ3n) is 5.22. The molecule has 166 valence electrons. The number of allylic oxidation sites excluding steroid dienone is 1. The van der Waals surface area contributed by atoms with Gasteiger partial charge >= 0.3 is 0 Å². The van der Waals surface area contributed by atoms with Gasteiger partial charge in [0.1, 0.15) is 23.9 Å². The van der Waals surface area contributed by atoms with E-state index in [9.17, 15) is 4.79 Å². The van der Waals surface area contributed by atoms with Crippen molar-refractivity contribution in [3.63, 3.8) is 0 Å². The van der Waals surface area contributed by atoms with Crippen LogP contribution in [0.4, 0.5) is 0 Å². The molecule has 1 aromatic heterocycles. The number of benzene rings is 3. The van der Waals surface area contributed by atoms with Gasteiger partial charge in [-0.25, -0.2) is 0 Å². The van der Waals surface area contributed by atoms with Crippen molar-refractivity contribution in [2.24, 2.45) is 0 Å². The molecule has 0 spiro atoms. The number of ketones is 1. The van der Waals surface area contributed by atoms with Crippen LogP contribution in [-0.4, -0.2) is 24.6 Å². The third-order valence-corrected chi connectivity index (χ3v) is 5.22. The minimum atomic E-state index is -0.0594. The molecule has 4 aromatic rings. The maximum Gasteiger partial charge on any atom is 0.185 e. The second-order valence-corrected chi connectivity index (χ2v) is 7.37. The quantitative estimate of drug-likeness (QED) is 0.238. The summed E-state index contributed by atoms with van der Waals surface area (Å²) in [5.41, 5.74) is 3.35. The van der Waals surface area contributed by atoms with Crippen LogP contribution >= 0.6 is 0 Å². The summed E-state index contributed by atoms with van der Waals surface area (Å²) >= 11 is 0.